The molecule has 1 N–H and O–H groups in total. The number of aliphatic hydroxyl groups is 1. The van der Waals surface area contributed by atoms with Gasteiger partial charge in [0.2, 0.25) is 0 Å². The summed E-state index contributed by atoms with van der Waals surface area (Å²) in [6, 6.07) is 8.42. The lowest BCUT2D eigenvalue weighted by Crippen LogP contribution is -2.30. The predicted octanol–water partition coefficient (Wildman–Crippen LogP) is 3.01. The van der Waals surface area contributed by atoms with Gasteiger partial charge in [0.15, 0.2) is 0 Å². The zero-order chi connectivity index (χ0) is 10.7. The first-order chi connectivity index (χ1) is 7.18. The average molecular weight is 202 g/mol. The highest BCUT2D eigenvalue weighted by atomic mass is 16.3. The second-order valence-corrected chi connectivity index (χ2v) is 4.56. The van der Waals surface area contributed by atoms with Crippen molar-refractivity contribution in [2.75, 3.05) is 0 Å². The smallest absolute Gasteiger partial charge is 0.0867 e. The number of rotatable bonds is 2. The van der Waals surface area contributed by atoms with Crippen molar-refractivity contribution in [1.82, 2.24) is 0 Å². The van der Waals surface area contributed by atoms with Crippen molar-refractivity contribution < 1.29 is 5.11 Å². The molecule has 2 rings (SSSR count). The lowest BCUT2D eigenvalue weighted by atomic mass is 9.85. The van der Waals surface area contributed by atoms with Crippen molar-refractivity contribution in [2.45, 2.75) is 38.2 Å². The van der Waals surface area contributed by atoms with E-state index in [1.165, 1.54) is 11.1 Å². The first-order valence-electron chi connectivity index (χ1n) is 5.64. The van der Waals surface area contributed by atoms with E-state index in [0.29, 0.717) is 0 Å². The van der Waals surface area contributed by atoms with Gasteiger partial charge < -0.3 is 5.11 Å². The molecule has 1 aliphatic rings. The first-order valence-corrected chi connectivity index (χ1v) is 5.64. The van der Waals surface area contributed by atoms with Crippen LogP contribution in [-0.2, 0) is 6.42 Å². The number of benzene rings is 1. The highest BCUT2D eigenvalue weighted by Gasteiger charge is 2.25. The molecule has 0 bridgehead atoms. The molecule has 1 atom stereocenters. The van der Waals surface area contributed by atoms with E-state index in [-0.39, 0.29) is 0 Å². The molecule has 0 aromatic heterocycles. The van der Waals surface area contributed by atoms with E-state index in [1.807, 2.05) is 6.08 Å². The Hall–Kier alpha value is -1.08. The Balaban J connectivity index is 2.10. The van der Waals surface area contributed by atoms with Crippen molar-refractivity contribution >= 4 is 0 Å². The fourth-order valence-electron chi connectivity index (χ4n) is 2.12. The lowest BCUT2D eigenvalue weighted by Gasteiger charge is -2.27. The van der Waals surface area contributed by atoms with E-state index in [4.69, 9.17) is 0 Å². The standard InChI is InChI=1S/C14H18O/c1-12-5-7-13(8-6-12)11-14(15)9-3-2-4-10-14/h3,5-9,15H,2,4,10-11H2,1H3. The Bertz CT molecular complexity index is 350. The number of hydrogen-bond donors (Lipinski definition) is 1. The third-order valence-electron chi connectivity index (χ3n) is 3.04. The van der Waals surface area contributed by atoms with E-state index in [1.54, 1.807) is 0 Å². The highest BCUT2D eigenvalue weighted by Crippen LogP contribution is 2.25. The van der Waals surface area contributed by atoms with Gasteiger partial charge in [0.05, 0.1) is 5.60 Å². The first kappa shape index (κ1) is 10.4. The summed E-state index contributed by atoms with van der Waals surface area (Å²) in [5, 5.41) is 10.3. The zero-order valence-electron chi connectivity index (χ0n) is 9.24. The van der Waals surface area contributed by atoms with E-state index in [0.717, 1.165) is 25.7 Å². The molecule has 80 valence electrons. The summed E-state index contributed by atoms with van der Waals surface area (Å²) in [6.45, 7) is 2.08. The Morgan fingerprint density at radius 3 is 2.60 bits per heavy atom. The van der Waals surface area contributed by atoms with Crippen LogP contribution in [0.15, 0.2) is 36.4 Å². The van der Waals surface area contributed by atoms with Crippen LogP contribution in [0.2, 0.25) is 0 Å². The molecule has 1 heteroatoms. The summed E-state index contributed by atoms with van der Waals surface area (Å²) in [5.74, 6) is 0. The average Bonchev–Trinajstić information content (AvgIpc) is 2.22. The zero-order valence-corrected chi connectivity index (χ0v) is 9.24. The van der Waals surface area contributed by atoms with Gasteiger partial charge in [-0.2, -0.15) is 0 Å². The molecular formula is C14H18O. The second-order valence-electron chi connectivity index (χ2n) is 4.56. The predicted molar refractivity (Wildman–Crippen MR) is 62.8 cm³/mol. The van der Waals surface area contributed by atoms with Gasteiger partial charge in [0.1, 0.15) is 0 Å². The Labute approximate surface area is 91.4 Å². The fourth-order valence-corrected chi connectivity index (χ4v) is 2.12. The third-order valence-corrected chi connectivity index (χ3v) is 3.04. The Morgan fingerprint density at radius 2 is 2.00 bits per heavy atom. The van der Waals surface area contributed by atoms with Gasteiger partial charge in [-0.05, 0) is 31.7 Å². The minimum absolute atomic E-state index is 0.604. The normalized spacial score (nSPS) is 25.5. The molecule has 0 heterocycles. The number of allylic oxidation sites excluding steroid dienone is 1. The molecule has 0 amide bonds. The van der Waals surface area contributed by atoms with E-state index in [2.05, 4.69) is 37.3 Å². The minimum atomic E-state index is -0.604. The molecule has 0 aliphatic heterocycles. The van der Waals surface area contributed by atoms with Crippen molar-refractivity contribution in [2.24, 2.45) is 0 Å². The lowest BCUT2D eigenvalue weighted by molar-refractivity contribution is 0.0751. The van der Waals surface area contributed by atoms with Crippen LogP contribution in [0.5, 0.6) is 0 Å². The van der Waals surface area contributed by atoms with Gasteiger partial charge in [-0.25, -0.2) is 0 Å². The maximum absolute atomic E-state index is 10.3. The van der Waals surface area contributed by atoms with E-state index < -0.39 is 5.60 Å². The maximum Gasteiger partial charge on any atom is 0.0867 e. The molecule has 0 spiro atoms. The van der Waals surface area contributed by atoms with Gasteiger partial charge >= 0.3 is 0 Å². The van der Waals surface area contributed by atoms with Gasteiger partial charge in [0.25, 0.3) is 0 Å². The molecule has 0 saturated carbocycles. The fraction of sp³-hybridized carbons (Fsp3) is 0.429. The summed E-state index contributed by atoms with van der Waals surface area (Å²) < 4.78 is 0. The second kappa shape index (κ2) is 4.19. The van der Waals surface area contributed by atoms with Gasteiger partial charge in [-0.3, -0.25) is 0 Å². The summed E-state index contributed by atoms with van der Waals surface area (Å²) in [6.07, 6.45) is 7.89. The third kappa shape index (κ3) is 2.69. The monoisotopic (exact) mass is 202 g/mol. The summed E-state index contributed by atoms with van der Waals surface area (Å²) in [4.78, 5) is 0. The van der Waals surface area contributed by atoms with Crippen LogP contribution in [0.1, 0.15) is 30.4 Å². The van der Waals surface area contributed by atoms with Crippen LogP contribution in [-0.4, -0.2) is 10.7 Å². The molecule has 0 radical (unpaired) electrons. The quantitative estimate of drug-likeness (QED) is 0.731. The van der Waals surface area contributed by atoms with Crippen LogP contribution in [0, 0.1) is 6.92 Å². The number of hydrogen-bond acceptors (Lipinski definition) is 1. The molecule has 0 fully saturated rings. The molecule has 1 aliphatic carbocycles. The summed E-state index contributed by atoms with van der Waals surface area (Å²) >= 11 is 0. The van der Waals surface area contributed by atoms with Crippen molar-refractivity contribution in [3.63, 3.8) is 0 Å². The summed E-state index contributed by atoms with van der Waals surface area (Å²) in [5.41, 5.74) is 1.88. The van der Waals surface area contributed by atoms with E-state index >= 15 is 0 Å². The van der Waals surface area contributed by atoms with Crippen LogP contribution in [0.4, 0.5) is 0 Å². The maximum atomic E-state index is 10.3. The van der Waals surface area contributed by atoms with Crippen LogP contribution >= 0.6 is 0 Å². The largest absolute Gasteiger partial charge is 0.385 e. The van der Waals surface area contributed by atoms with Gasteiger partial charge in [-0.1, -0.05) is 42.0 Å². The van der Waals surface area contributed by atoms with Crippen LogP contribution in [0.25, 0.3) is 0 Å². The number of aryl methyl sites for hydroxylation is 1. The molecule has 15 heavy (non-hydrogen) atoms. The van der Waals surface area contributed by atoms with Gasteiger partial charge in [0, 0.05) is 6.42 Å². The molecule has 1 aromatic carbocycles. The van der Waals surface area contributed by atoms with Crippen molar-refractivity contribution in [3.8, 4) is 0 Å². The van der Waals surface area contributed by atoms with Crippen molar-refractivity contribution in [1.29, 1.82) is 0 Å². The molecular weight excluding hydrogens is 184 g/mol. The van der Waals surface area contributed by atoms with E-state index in [9.17, 15) is 5.11 Å². The topological polar surface area (TPSA) is 20.2 Å². The molecule has 1 nitrogen and oxygen atoms in total. The molecule has 0 saturated heterocycles. The van der Waals surface area contributed by atoms with Crippen molar-refractivity contribution in [3.05, 3.63) is 47.5 Å². The Morgan fingerprint density at radius 1 is 1.27 bits per heavy atom. The Kier molecular flexibility index (Phi) is 2.92. The van der Waals surface area contributed by atoms with Crippen LogP contribution < -0.4 is 0 Å². The minimum Gasteiger partial charge on any atom is -0.385 e. The molecule has 1 unspecified atom stereocenters. The summed E-state index contributed by atoms with van der Waals surface area (Å²) in [7, 11) is 0. The highest BCUT2D eigenvalue weighted by molar-refractivity contribution is 5.24. The molecule has 1 aromatic rings. The van der Waals surface area contributed by atoms with Crippen LogP contribution in [0.3, 0.4) is 0 Å². The SMILES string of the molecule is Cc1ccc(CC2(O)C=CCCC2)cc1. The van der Waals surface area contributed by atoms with Gasteiger partial charge in [-0.15, -0.1) is 0 Å².